The number of aromatic carboxylic acids is 2. The molecule has 4 heteroatoms. The van der Waals surface area contributed by atoms with E-state index in [1.807, 2.05) is 60.7 Å². The molecule has 0 atom stereocenters. The van der Waals surface area contributed by atoms with Crippen molar-refractivity contribution in [3.63, 3.8) is 0 Å². The summed E-state index contributed by atoms with van der Waals surface area (Å²) in [5, 5.41) is 19.1. The summed E-state index contributed by atoms with van der Waals surface area (Å²) in [5.74, 6) is 18.9. The number of rotatable bonds is 2. The van der Waals surface area contributed by atoms with Crippen LogP contribution in [-0.2, 0) is 0 Å². The maximum Gasteiger partial charge on any atom is 0.337 e. The van der Waals surface area contributed by atoms with Crippen molar-refractivity contribution in [2.45, 2.75) is 0 Å². The molecule has 0 spiro atoms. The zero-order chi connectivity index (χ0) is 22.8. The third-order valence-electron chi connectivity index (χ3n) is 4.10. The van der Waals surface area contributed by atoms with Crippen LogP contribution in [0.5, 0.6) is 0 Å². The number of hydrogen-bond acceptors (Lipinski definition) is 2. The van der Waals surface area contributed by atoms with Crippen LogP contribution in [0.3, 0.4) is 0 Å². The Morgan fingerprint density at radius 2 is 0.875 bits per heavy atom. The van der Waals surface area contributed by atoms with Gasteiger partial charge < -0.3 is 10.2 Å². The molecule has 150 valence electrons. The fourth-order valence-corrected chi connectivity index (χ4v) is 2.61. The SMILES string of the molecule is O=C(O)c1cc(C#CC#Cc2ccccc2)c(C(=O)O)cc1C#CC#Cc1ccccc1. The van der Waals surface area contributed by atoms with Gasteiger partial charge in [-0.15, -0.1) is 0 Å². The van der Waals surface area contributed by atoms with Gasteiger partial charge in [0.05, 0.1) is 11.1 Å². The molecule has 0 aliphatic carbocycles. The van der Waals surface area contributed by atoms with Crippen molar-refractivity contribution in [2.75, 3.05) is 0 Å². The lowest BCUT2D eigenvalue weighted by atomic mass is 9.98. The van der Waals surface area contributed by atoms with Crippen molar-refractivity contribution in [2.24, 2.45) is 0 Å². The summed E-state index contributed by atoms with van der Waals surface area (Å²) in [5.41, 5.74) is 1.27. The highest BCUT2D eigenvalue weighted by Gasteiger charge is 2.17. The highest BCUT2D eigenvalue weighted by atomic mass is 16.4. The Bertz CT molecular complexity index is 1310. The van der Waals surface area contributed by atoms with Gasteiger partial charge in [0.2, 0.25) is 0 Å². The fourth-order valence-electron chi connectivity index (χ4n) is 2.61. The van der Waals surface area contributed by atoms with Crippen LogP contribution in [0.2, 0.25) is 0 Å². The minimum atomic E-state index is -1.25. The molecule has 4 nitrogen and oxygen atoms in total. The standard InChI is InChI=1S/C28H14O4/c29-27(30)25-20-24(18-10-8-16-22-13-5-2-6-14-22)26(28(31)32)19-23(25)17-9-7-15-21-11-3-1-4-12-21/h1-6,11-14,19-20H,(H,29,30)(H,31,32). The van der Waals surface area contributed by atoms with E-state index < -0.39 is 11.9 Å². The highest BCUT2D eigenvalue weighted by Crippen LogP contribution is 2.17. The molecule has 0 aromatic heterocycles. The molecule has 0 fully saturated rings. The van der Waals surface area contributed by atoms with E-state index in [2.05, 4.69) is 47.4 Å². The minimum Gasteiger partial charge on any atom is -0.478 e. The van der Waals surface area contributed by atoms with Gasteiger partial charge >= 0.3 is 11.9 Å². The van der Waals surface area contributed by atoms with Crippen molar-refractivity contribution in [1.29, 1.82) is 0 Å². The maximum absolute atomic E-state index is 11.7. The molecule has 0 aliphatic rings. The lowest BCUT2D eigenvalue weighted by Crippen LogP contribution is -2.07. The first-order valence-electron chi connectivity index (χ1n) is 9.33. The molecule has 0 unspecified atom stereocenters. The van der Waals surface area contributed by atoms with Gasteiger partial charge in [0, 0.05) is 22.3 Å². The van der Waals surface area contributed by atoms with Crippen LogP contribution in [0.15, 0.2) is 72.8 Å². The van der Waals surface area contributed by atoms with Gasteiger partial charge in [0.25, 0.3) is 0 Å². The van der Waals surface area contributed by atoms with E-state index in [1.165, 1.54) is 12.1 Å². The summed E-state index contributed by atoms with van der Waals surface area (Å²) in [6.45, 7) is 0. The number of hydrogen-bond donors (Lipinski definition) is 2. The molecule has 0 radical (unpaired) electrons. The average Bonchev–Trinajstić information content (AvgIpc) is 2.80. The predicted octanol–water partition coefficient (Wildman–Crippen LogP) is 3.89. The highest BCUT2D eigenvalue weighted by molar-refractivity contribution is 5.97. The van der Waals surface area contributed by atoms with E-state index in [4.69, 9.17) is 0 Å². The summed E-state index contributed by atoms with van der Waals surface area (Å²) in [4.78, 5) is 23.4. The lowest BCUT2D eigenvalue weighted by molar-refractivity contribution is 0.0680. The van der Waals surface area contributed by atoms with Gasteiger partial charge in [0.15, 0.2) is 0 Å². The molecule has 3 aromatic carbocycles. The Kier molecular flexibility index (Phi) is 7.12. The van der Waals surface area contributed by atoms with Gasteiger partial charge in [-0.25, -0.2) is 9.59 Å². The molecule has 2 N–H and O–H groups in total. The molecule has 3 aromatic rings. The second-order valence-electron chi connectivity index (χ2n) is 6.29. The zero-order valence-corrected chi connectivity index (χ0v) is 16.6. The Morgan fingerprint density at radius 3 is 1.22 bits per heavy atom. The monoisotopic (exact) mass is 414 g/mol. The maximum atomic E-state index is 11.7. The van der Waals surface area contributed by atoms with Crippen LogP contribution >= 0.6 is 0 Å². The molecule has 0 amide bonds. The minimum absolute atomic E-state index is 0.0400. The summed E-state index contributed by atoms with van der Waals surface area (Å²) in [7, 11) is 0. The molecule has 0 saturated carbocycles. The predicted molar refractivity (Wildman–Crippen MR) is 121 cm³/mol. The molecule has 0 bridgehead atoms. The Balaban J connectivity index is 1.97. The van der Waals surface area contributed by atoms with E-state index in [0.717, 1.165) is 11.1 Å². The average molecular weight is 414 g/mol. The summed E-state index contributed by atoms with van der Waals surface area (Å²) in [6.07, 6.45) is 0. The molecule has 0 heterocycles. The topological polar surface area (TPSA) is 74.6 Å². The number of carboxylic acids is 2. The largest absolute Gasteiger partial charge is 0.478 e. The first kappa shape index (κ1) is 21.5. The van der Waals surface area contributed by atoms with Crippen LogP contribution in [0.4, 0.5) is 0 Å². The quantitative estimate of drug-likeness (QED) is 0.624. The molecule has 0 aliphatic heterocycles. The second-order valence-corrected chi connectivity index (χ2v) is 6.29. The number of carbonyl (C=O) groups is 2. The molecular formula is C28H14O4. The Hall–Kier alpha value is -5.16. The molecule has 0 saturated heterocycles. The van der Waals surface area contributed by atoms with Gasteiger partial charge in [-0.2, -0.15) is 0 Å². The third-order valence-corrected chi connectivity index (χ3v) is 4.10. The molecule has 32 heavy (non-hydrogen) atoms. The van der Waals surface area contributed by atoms with Crippen molar-refractivity contribution in [3.8, 4) is 47.4 Å². The molecule has 3 rings (SSSR count). The Morgan fingerprint density at radius 1 is 0.531 bits per heavy atom. The van der Waals surface area contributed by atoms with Crippen LogP contribution in [0, 0.1) is 47.4 Å². The Labute approximate surface area is 185 Å². The van der Waals surface area contributed by atoms with Crippen molar-refractivity contribution in [1.82, 2.24) is 0 Å². The lowest BCUT2D eigenvalue weighted by Gasteiger charge is -2.04. The molecular weight excluding hydrogens is 400 g/mol. The van der Waals surface area contributed by atoms with E-state index in [0.29, 0.717) is 0 Å². The van der Waals surface area contributed by atoms with E-state index in [9.17, 15) is 19.8 Å². The van der Waals surface area contributed by atoms with Crippen LogP contribution in [0.1, 0.15) is 43.0 Å². The first-order chi connectivity index (χ1) is 15.5. The van der Waals surface area contributed by atoms with Gasteiger partial charge in [0.1, 0.15) is 0 Å². The summed E-state index contributed by atoms with van der Waals surface area (Å²) >= 11 is 0. The van der Waals surface area contributed by atoms with E-state index in [1.54, 1.807) is 0 Å². The fraction of sp³-hybridized carbons (Fsp3) is 0. The smallest absolute Gasteiger partial charge is 0.337 e. The van der Waals surface area contributed by atoms with Crippen LogP contribution < -0.4 is 0 Å². The van der Waals surface area contributed by atoms with Gasteiger partial charge in [-0.1, -0.05) is 60.1 Å². The van der Waals surface area contributed by atoms with Crippen molar-refractivity contribution >= 4 is 11.9 Å². The zero-order valence-electron chi connectivity index (χ0n) is 16.6. The summed E-state index contributed by atoms with van der Waals surface area (Å²) in [6, 6.07) is 20.7. The number of carboxylic acid groups (broad SMARTS) is 2. The van der Waals surface area contributed by atoms with E-state index >= 15 is 0 Å². The van der Waals surface area contributed by atoms with Crippen LogP contribution in [-0.4, -0.2) is 22.2 Å². The van der Waals surface area contributed by atoms with Crippen LogP contribution in [0.25, 0.3) is 0 Å². The van der Waals surface area contributed by atoms with E-state index in [-0.39, 0.29) is 22.3 Å². The second kappa shape index (κ2) is 10.6. The normalized spacial score (nSPS) is 8.75. The number of benzene rings is 3. The van der Waals surface area contributed by atoms with Gasteiger partial charge in [-0.05, 0) is 60.1 Å². The summed E-state index contributed by atoms with van der Waals surface area (Å²) < 4.78 is 0. The first-order valence-corrected chi connectivity index (χ1v) is 9.33. The van der Waals surface area contributed by atoms with Gasteiger partial charge in [-0.3, -0.25) is 0 Å². The van der Waals surface area contributed by atoms with Crippen molar-refractivity contribution in [3.05, 3.63) is 106 Å². The third kappa shape index (κ3) is 5.92. The van der Waals surface area contributed by atoms with Crippen molar-refractivity contribution < 1.29 is 19.8 Å².